The quantitative estimate of drug-likeness (QED) is 0.0962. The van der Waals surface area contributed by atoms with Crippen molar-refractivity contribution in [2.24, 2.45) is 0 Å². The van der Waals surface area contributed by atoms with E-state index >= 15 is 0 Å². The van der Waals surface area contributed by atoms with Gasteiger partial charge < -0.3 is 17.0 Å². The lowest BCUT2D eigenvalue weighted by Crippen LogP contribution is -1.97. The highest BCUT2D eigenvalue weighted by molar-refractivity contribution is 4.51. The molecule has 0 spiro atoms. The Hall–Kier alpha value is -0.120. The van der Waals surface area contributed by atoms with E-state index in [0.717, 1.165) is 13.2 Å². The number of hydrogen-bond acceptors (Lipinski definition) is 3. The first-order valence-electron chi connectivity index (χ1n) is 16.0. The molecule has 6 N–H and O–H groups in total. The Kier molecular flexibility index (Phi) is 43.2. The molecule has 0 saturated heterocycles. The second kappa shape index (κ2) is 38.4. The maximum absolute atomic E-state index is 5.85. The molecule has 0 radical (unpaired) electrons. The Morgan fingerprint density at radius 2 is 0.429 bits per heavy atom. The molecule has 0 saturated carbocycles. The lowest BCUT2D eigenvalue weighted by atomic mass is 10.0. The monoisotopic (exact) mass is 501 g/mol. The summed E-state index contributed by atoms with van der Waals surface area (Å²) in [6, 6.07) is 0. The summed E-state index contributed by atoms with van der Waals surface area (Å²) in [5.41, 5.74) is 0. The van der Waals surface area contributed by atoms with Crippen molar-refractivity contribution in [1.29, 1.82) is 0 Å². The molecule has 0 aliphatic rings. The van der Waals surface area contributed by atoms with Crippen molar-refractivity contribution in [2.45, 2.75) is 194 Å². The topological polar surface area (TPSA) is 79.2 Å². The van der Waals surface area contributed by atoms with Crippen LogP contribution in [-0.4, -0.2) is 13.2 Å². The van der Waals surface area contributed by atoms with E-state index in [-0.39, 0.29) is 12.3 Å². The second-order valence-electron chi connectivity index (χ2n) is 10.8. The Balaban J connectivity index is -0.00000512. The summed E-state index contributed by atoms with van der Waals surface area (Å²) in [6.45, 7) is 6.59. The van der Waals surface area contributed by atoms with Crippen molar-refractivity contribution < 1.29 is 4.74 Å². The highest BCUT2D eigenvalue weighted by atomic mass is 16.5. The van der Waals surface area contributed by atoms with Crippen LogP contribution in [0, 0.1) is 0 Å². The molecule has 0 aromatic rings. The third-order valence-electron chi connectivity index (χ3n) is 7.28. The van der Waals surface area contributed by atoms with Crippen molar-refractivity contribution in [1.82, 2.24) is 12.3 Å². The van der Waals surface area contributed by atoms with E-state index in [4.69, 9.17) is 4.74 Å². The van der Waals surface area contributed by atoms with Gasteiger partial charge in [0.25, 0.3) is 0 Å². The highest BCUT2D eigenvalue weighted by Gasteiger charge is 1.96. The summed E-state index contributed by atoms with van der Waals surface area (Å²) in [5, 5.41) is 0. The number of hydrogen-bond donors (Lipinski definition) is 2. The van der Waals surface area contributed by atoms with Gasteiger partial charge >= 0.3 is 0 Å². The minimum atomic E-state index is 0. The number of ether oxygens (including phenoxy) is 1. The van der Waals surface area contributed by atoms with Crippen molar-refractivity contribution >= 4 is 0 Å². The van der Waals surface area contributed by atoms with Gasteiger partial charge in [0.1, 0.15) is 0 Å². The van der Waals surface area contributed by atoms with Crippen LogP contribution in [0.4, 0.5) is 0 Å². The first kappa shape index (κ1) is 39.4. The van der Waals surface area contributed by atoms with Crippen LogP contribution < -0.4 is 12.3 Å². The Labute approximate surface area is 223 Å². The smallest absolute Gasteiger partial charge is 0.0466 e. The molecule has 0 amide bonds. The van der Waals surface area contributed by atoms with E-state index in [1.807, 2.05) is 0 Å². The van der Waals surface area contributed by atoms with Crippen LogP contribution in [0.15, 0.2) is 0 Å². The molecule has 3 heteroatoms. The third kappa shape index (κ3) is 38.6. The molecule has 0 unspecified atom stereocenters. The number of unbranched alkanes of at least 4 members (excludes halogenated alkanes) is 26. The van der Waals surface area contributed by atoms with Crippen molar-refractivity contribution in [2.75, 3.05) is 13.2 Å². The zero-order chi connectivity index (χ0) is 23.9. The molecule has 0 atom stereocenters. The SMILES string of the molecule is CCCCCCCCCCCCCCCCOCCCCCCCCCCCCCCCC.N.N. The molecule has 0 heterocycles. The molecule has 35 heavy (non-hydrogen) atoms. The van der Waals surface area contributed by atoms with E-state index in [1.165, 1.54) is 180 Å². The Morgan fingerprint density at radius 3 is 0.629 bits per heavy atom. The predicted molar refractivity (Wildman–Crippen MR) is 161 cm³/mol. The second-order valence-corrected chi connectivity index (χ2v) is 10.8. The minimum Gasteiger partial charge on any atom is -0.381 e. The van der Waals surface area contributed by atoms with Crippen LogP contribution in [0.5, 0.6) is 0 Å². The van der Waals surface area contributed by atoms with Gasteiger partial charge in [0, 0.05) is 13.2 Å². The zero-order valence-corrected chi connectivity index (χ0v) is 25.0. The fraction of sp³-hybridized carbons (Fsp3) is 1.00. The molecular weight excluding hydrogens is 428 g/mol. The minimum absolute atomic E-state index is 0. The first-order valence-corrected chi connectivity index (χ1v) is 16.0. The third-order valence-corrected chi connectivity index (χ3v) is 7.28. The Bertz CT molecular complexity index is 295. The van der Waals surface area contributed by atoms with E-state index < -0.39 is 0 Å². The molecule has 0 aromatic carbocycles. The van der Waals surface area contributed by atoms with Gasteiger partial charge in [-0.1, -0.05) is 181 Å². The van der Waals surface area contributed by atoms with Gasteiger partial charge in [-0.3, -0.25) is 0 Å². The van der Waals surface area contributed by atoms with Crippen molar-refractivity contribution in [3.8, 4) is 0 Å². The molecule has 0 fully saturated rings. The summed E-state index contributed by atoms with van der Waals surface area (Å²) in [5.74, 6) is 0. The molecule has 0 aromatic heterocycles. The van der Waals surface area contributed by atoms with E-state index in [9.17, 15) is 0 Å². The van der Waals surface area contributed by atoms with Gasteiger partial charge in [0.2, 0.25) is 0 Å². The van der Waals surface area contributed by atoms with Crippen LogP contribution in [-0.2, 0) is 4.74 Å². The van der Waals surface area contributed by atoms with Crippen LogP contribution >= 0.6 is 0 Å². The zero-order valence-electron chi connectivity index (χ0n) is 25.0. The largest absolute Gasteiger partial charge is 0.381 e. The highest BCUT2D eigenvalue weighted by Crippen LogP contribution is 2.14. The molecule has 0 aliphatic heterocycles. The molecule has 216 valence electrons. The fourth-order valence-corrected chi connectivity index (χ4v) is 4.90. The molecule has 0 bridgehead atoms. The van der Waals surface area contributed by atoms with Gasteiger partial charge in [0.05, 0.1) is 0 Å². The first-order chi connectivity index (χ1) is 16.4. The maximum Gasteiger partial charge on any atom is 0.0466 e. The summed E-state index contributed by atoms with van der Waals surface area (Å²) in [7, 11) is 0. The maximum atomic E-state index is 5.85. The van der Waals surface area contributed by atoms with Crippen LogP contribution in [0.25, 0.3) is 0 Å². The van der Waals surface area contributed by atoms with Crippen molar-refractivity contribution in [3.63, 3.8) is 0 Å². The van der Waals surface area contributed by atoms with Crippen LogP contribution in [0.3, 0.4) is 0 Å². The van der Waals surface area contributed by atoms with Gasteiger partial charge in [-0.2, -0.15) is 0 Å². The average Bonchev–Trinajstić information content (AvgIpc) is 2.83. The van der Waals surface area contributed by atoms with Gasteiger partial charge in [-0.05, 0) is 12.8 Å². The molecule has 3 nitrogen and oxygen atoms in total. The average molecular weight is 501 g/mol. The lowest BCUT2D eigenvalue weighted by molar-refractivity contribution is 0.125. The normalized spacial score (nSPS) is 10.8. The van der Waals surface area contributed by atoms with Gasteiger partial charge in [0.15, 0.2) is 0 Å². The summed E-state index contributed by atoms with van der Waals surface area (Å²) in [4.78, 5) is 0. The number of rotatable bonds is 30. The molecular formula is C32H72N2O. The summed E-state index contributed by atoms with van der Waals surface area (Å²) >= 11 is 0. The molecule has 0 aliphatic carbocycles. The Morgan fingerprint density at radius 1 is 0.257 bits per heavy atom. The van der Waals surface area contributed by atoms with Crippen LogP contribution in [0.1, 0.15) is 194 Å². The van der Waals surface area contributed by atoms with Gasteiger partial charge in [-0.15, -0.1) is 0 Å². The van der Waals surface area contributed by atoms with E-state index in [2.05, 4.69) is 13.8 Å². The van der Waals surface area contributed by atoms with Crippen molar-refractivity contribution in [3.05, 3.63) is 0 Å². The van der Waals surface area contributed by atoms with Crippen LogP contribution in [0.2, 0.25) is 0 Å². The standard InChI is InChI=1S/C32H66O.2H3N/c1-3-5-7-9-11-13-15-17-19-21-23-25-27-29-31-33-32-30-28-26-24-22-20-18-16-14-12-10-8-6-4-2;;/h3-32H2,1-2H3;2*1H3. The fourth-order valence-electron chi connectivity index (χ4n) is 4.90. The predicted octanol–water partition coefficient (Wildman–Crippen LogP) is 12.3. The van der Waals surface area contributed by atoms with E-state index in [1.54, 1.807) is 0 Å². The lowest BCUT2D eigenvalue weighted by Gasteiger charge is -2.05. The summed E-state index contributed by atoms with van der Waals surface area (Å²) < 4.78 is 5.85. The van der Waals surface area contributed by atoms with E-state index in [0.29, 0.717) is 0 Å². The molecule has 0 rings (SSSR count). The van der Waals surface area contributed by atoms with Gasteiger partial charge in [-0.25, -0.2) is 0 Å². The summed E-state index contributed by atoms with van der Waals surface area (Å²) in [6.07, 6.45) is 40.1.